The Morgan fingerprint density at radius 1 is 0.889 bits per heavy atom. The van der Waals surface area contributed by atoms with Gasteiger partial charge in [-0.25, -0.2) is 4.79 Å². The second-order valence-electron chi connectivity index (χ2n) is 5.32. The summed E-state index contributed by atoms with van der Waals surface area (Å²) >= 11 is 11.3. The van der Waals surface area contributed by atoms with Crippen molar-refractivity contribution in [2.75, 3.05) is 6.61 Å². The summed E-state index contributed by atoms with van der Waals surface area (Å²) in [5.74, 6) is -2.24. The van der Waals surface area contributed by atoms with E-state index in [-0.39, 0.29) is 12.4 Å². The molecule has 2 rings (SSSR count). The first-order valence-electron chi connectivity index (χ1n) is 7.99. The van der Waals surface area contributed by atoms with Gasteiger partial charge in [0.2, 0.25) is 5.78 Å². The lowest BCUT2D eigenvalue weighted by Crippen LogP contribution is -2.20. The molecular formula is C20H18Cl2O5. The first-order chi connectivity index (χ1) is 12.7. The van der Waals surface area contributed by atoms with Crippen molar-refractivity contribution in [3.8, 4) is 0 Å². The summed E-state index contributed by atoms with van der Waals surface area (Å²) in [5.41, 5.74) is 0.961. The first-order valence-corrected chi connectivity index (χ1v) is 8.75. The second-order valence-corrected chi connectivity index (χ2v) is 6.19. The zero-order valence-corrected chi connectivity index (χ0v) is 16.3. The van der Waals surface area contributed by atoms with Gasteiger partial charge in [0.15, 0.2) is 11.6 Å². The molecule has 0 spiro atoms. The summed E-state index contributed by atoms with van der Waals surface area (Å²) in [6, 6.07) is 13.1. The molecule has 0 saturated heterocycles. The number of rotatable bonds is 6. The van der Waals surface area contributed by atoms with Gasteiger partial charge in [-0.05, 0) is 38.1 Å². The lowest BCUT2D eigenvalue weighted by Gasteiger charge is -2.01. The molecule has 0 heterocycles. The van der Waals surface area contributed by atoms with Gasteiger partial charge >= 0.3 is 5.97 Å². The van der Waals surface area contributed by atoms with Crippen LogP contribution in [0.25, 0.3) is 0 Å². The van der Waals surface area contributed by atoms with Gasteiger partial charge in [-0.1, -0.05) is 47.5 Å². The van der Waals surface area contributed by atoms with Crippen LogP contribution in [0.5, 0.6) is 0 Å². The van der Waals surface area contributed by atoms with E-state index in [1.807, 2.05) is 0 Å². The molecule has 2 aromatic rings. The fourth-order valence-electron chi connectivity index (χ4n) is 1.90. The van der Waals surface area contributed by atoms with Crippen LogP contribution in [-0.4, -0.2) is 29.9 Å². The Kier molecular flexibility index (Phi) is 9.40. The van der Waals surface area contributed by atoms with Gasteiger partial charge in [0.1, 0.15) is 0 Å². The van der Waals surface area contributed by atoms with E-state index >= 15 is 0 Å². The van der Waals surface area contributed by atoms with Crippen molar-refractivity contribution in [3.63, 3.8) is 0 Å². The molecule has 0 amide bonds. The second kappa shape index (κ2) is 11.3. The Morgan fingerprint density at radius 3 is 1.85 bits per heavy atom. The smallest absolute Gasteiger partial charge is 0.375 e. The van der Waals surface area contributed by atoms with Crippen molar-refractivity contribution < 1.29 is 23.9 Å². The summed E-state index contributed by atoms with van der Waals surface area (Å²) in [7, 11) is 0. The number of halogens is 2. The third-order valence-corrected chi connectivity index (χ3v) is 3.67. The predicted molar refractivity (Wildman–Crippen MR) is 103 cm³/mol. The average molecular weight is 409 g/mol. The minimum Gasteiger partial charge on any atom is -0.460 e. The van der Waals surface area contributed by atoms with Crippen LogP contribution in [0.4, 0.5) is 0 Å². The summed E-state index contributed by atoms with van der Waals surface area (Å²) in [4.78, 5) is 44.7. The van der Waals surface area contributed by atoms with E-state index in [4.69, 9.17) is 23.2 Å². The van der Waals surface area contributed by atoms with Gasteiger partial charge in [0.05, 0.1) is 13.0 Å². The summed E-state index contributed by atoms with van der Waals surface area (Å²) in [5, 5.41) is 1.01. The molecule has 2 aromatic carbocycles. The number of hydrogen-bond donors (Lipinski definition) is 0. The fraction of sp³-hybridized carbons (Fsp3) is 0.200. The Balaban J connectivity index is 0.000000309. The molecule has 0 bridgehead atoms. The van der Waals surface area contributed by atoms with Crippen molar-refractivity contribution in [1.82, 2.24) is 0 Å². The summed E-state index contributed by atoms with van der Waals surface area (Å²) in [6.45, 7) is 3.21. The van der Waals surface area contributed by atoms with Crippen molar-refractivity contribution in [2.24, 2.45) is 0 Å². The van der Waals surface area contributed by atoms with Crippen LogP contribution >= 0.6 is 23.2 Å². The average Bonchev–Trinajstić information content (AvgIpc) is 2.62. The number of benzene rings is 2. The Bertz CT molecular complexity index is 846. The fourth-order valence-corrected chi connectivity index (χ4v) is 2.28. The molecule has 0 unspecified atom stereocenters. The maximum absolute atomic E-state index is 11.6. The maximum Gasteiger partial charge on any atom is 0.375 e. The zero-order valence-electron chi connectivity index (χ0n) is 14.8. The molecule has 0 aliphatic heterocycles. The van der Waals surface area contributed by atoms with Crippen LogP contribution in [0.1, 0.15) is 41.0 Å². The molecule has 27 heavy (non-hydrogen) atoms. The Hall–Kier alpha value is -2.50. The van der Waals surface area contributed by atoms with Crippen LogP contribution in [-0.2, 0) is 14.3 Å². The highest BCUT2D eigenvalue weighted by Crippen LogP contribution is 2.12. The number of carbonyl (C=O) groups is 4. The highest BCUT2D eigenvalue weighted by Gasteiger charge is 2.19. The standard InChI is InChI=1S/C12H11ClO4.C8H7ClO/c1-2-17-12(16)11(15)7-10(14)8-4-3-5-9(13)6-8;1-6(10)7-3-2-4-8(9)5-7/h3-6H,2,7H2,1H3;2-5H,1H3. The van der Waals surface area contributed by atoms with Crippen LogP contribution in [0, 0.1) is 0 Å². The quantitative estimate of drug-likeness (QED) is 0.302. The topological polar surface area (TPSA) is 77.5 Å². The minimum atomic E-state index is -0.983. The third-order valence-electron chi connectivity index (χ3n) is 3.20. The van der Waals surface area contributed by atoms with Crippen LogP contribution < -0.4 is 0 Å². The molecule has 0 N–H and O–H groups in total. The normalized spacial score (nSPS) is 9.63. The van der Waals surface area contributed by atoms with E-state index in [1.54, 1.807) is 43.3 Å². The zero-order chi connectivity index (χ0) is 20.4. The first kappa shape index (κ1) is 22.5. The van der Waals surface area contributed by atoms with E-state index in [9.17, 15) is 19.2 Å². The van der Waals surface area contributed by atoms with Crippen LogP contribution in [0.2, 0.25) is 10.0 Å². The molecule has 0 aliphatic rings. The molecule has 0 atom stereocenters. The molecule has 0 saturated carbocycles. The maximum atomic E-state index is 11.6. The van der Waals surface area contributed by atoms with E-state index in [1.165, 1.54) is 19.1 Å². The van der Waals surface area contributed by atoms with Gasteiger partial charge in [-0.2, -0.15) is 0 Å². The van der Waals surface area contributed by atoms with Crippen LogP contribution in [0.15, 0.2) is 48.5 Å². The number of esters is 1. The highest BCUT2D eigenvalue weighted by atomic mass is 35.5. The number of ketones is 3. The van der Waals surface area contributed by atoms with Crippen molar-refractivity contribution in [1.29, 1.82) is 0 Å². The molecule has 0 radical (unpaired) electrons. The van der Waals surface area contributed by atoms with Gasteiger partial charge in [-0.15, -0.1) is 0 Å². The highest BCUT2D eigenvalue weighted by molar-refractivity contribution is 6.38. The van der Waals surface area contributed by atoms with Crippen molar-refractivity contribution in [2.45, 2.75) is 20.3 Å². The van der Waals surface area contributed by atoms with E-state index < -0.39 is 24.0 Å². The Morgan fingerprint density at radius 2 is 1.41 bits per heavy atom. The SMILES string of the molecule is CC(=O)c1cccc(Cl)c1.CCOC(=O)C(=O)CC(=O)c1cccc(Cl)c1. The van der Waals surface area contributed by atoms with Crippen molar-refractivity contribution in [3.05, 3.63) is 69.7 Å². The van der Waals surface area contributed by atoms with E-state index in [0.29, 0.717) is 21.2 Å². The Labute approximate surface area is 167 Å². The van der Waals surface area contributed by atoms with Gasteiger partial charge < -0.3 is 4.74 Å². The molecule has 0 aliphatic carbocycles. The molecule has 0 fully saturated rings. The van der Waals surface area contributed by atoms with Crippen LogP contribution in [0.3, 0.4) is 0 Å². The number of carbonyl (C=O) groups excluding carboxylic acids is 4. The molecule has 7 heteroatoms. The summed E-state index contributed by atoms with van der Waals surface area (Å²) < 4.78 is 4.50. The number of hydrogen-bond acceptors (Lipinski definition) is 5. The van der Waals surface area contributed by atoms with E-state index in [2.05, 4.69) is 4.74 Å². The molecule has 0 aromatic heterocycles. The third kappa shape index (κ3) is 8.15. The van der Waals surface area contributed by atoms with Gasteiger partial charge in [0, 0.05) is 21.2 Å². The molecular weight excluding hydrogens is 391 g/mol. The largest absolute Gasteiger partial charge is 0.460 e. The van der Waals surface area contributed by atoms with Crippen molar-refractivity contribution >= 4 is 46.5 Å². The van der Waals surface area contributed by atoms with E-state index in [0.717, 1.165) is 0 Å². The lowest BCUT2D eigenvalue weighted by atomic mass is 10.1. The predicted octanol–water partition coefficient (Wildman–Crippen LogP) is 4.59. The summed E-state index contributed by atoms with van der Waals surface area (Å²) in [6.07, 6.45) is -0.501. The molecule has 5 nitrogen and oxygen atoms in total. The molecule has 142 valence electrons. The number of ether oxygens (including phenoxy) is 1. The minimum absolute atomic E-state index is 0.0440. The van der Waals surface area contributed by atoms with Gasteiger partial charge in [-0.3, -0.25) is 14.4 Å². The lowest BCUT2D eigenvalue weighted by molar-refractivity contribution is -0.153. The van der Waals surface area contributed by atoms with Gasteiger partial charge in [0.25, 0.3) is 0 Å². The number of Topliss-reactive ketones (excluding diaryl/α,β-unsaturated/α-hetero) is 3. The monoisotopic (exact) mass is 408 g/mol.